The third kappa shape index (κ3) is 5.62. The molecule has 142 valence electrons. The fourth-order valence-corrected chi connectivity index (χ4v) is 3.02. The number of benzene rings is 3. The summed E-state index contributed by atoms with van der Waals surface area (Å²) in [6, 6.07) is 19.3. The minimum Gasteiger partial charge on any atom is -0.508 e. The number of phenols is 1. The fraction of sp³-hybridized carbons (Fsp3) is 0.0455. The number of aromatic hydroxyl groups is 1. The number of halogens is 2. The molecule has 0 saturated carbocycles. The zero-order chi connectivity index (χ0) is 19.9. The smallest absolute Gasteiger partial charge is 0.248 e. The molecule has 0 saturated heterocycles. The van der Waals surface area contributed by atoms with Crippen LogP contribution in [0, 0.1) is 0 Å². The number of carbonyl (C=O) groups excluding carboxylic acids is 1. The number of hydrogen-bond acceptors (Lipinski definition) is 3. The zero-order valence-corrected chi connectivity index (χ0v) is 17.1. The van der Waals surface area contributed by atoms with Gasteiger partial charge in [0.2, 0.25) is 5.91 Å². The van der Waals surface area contributed by atoms with Gasteiger partial charge in [0, 0.05) is 32.4 Å². The van der Waals surface area contributed by atoms with Gasteiger partial charge in [0.1, 0.15) is 18.1 Å². The lowest BCUT2D eigenvalue weighted by atomic mass is 10.2. The van der Waals surface area contributed by atoms with Crippen LogP contribution in [-0.4, -0.2) is 11.0 Å². The van der Waals surface area contributed by atoms with Crippen molar-refractivity contribution in [2.75, 3.05) is 5.32 Å². The Bertz CT molecular complexity index is 1000. The van der Waals surface area contributed by atoms with Gasteiger partial charge in [-0.05, 0) is 54.6 Å². The van der Waals surface area contributed by atoms with Crippen LogP contribution in [0.25, 0.3) is 6.08 Å². The topological polar surface area (TPSA) is 58.6 Å². The average molecular weight is 459 g/mol. The highest BCUT2D eigenvalue weighted by molar-refractivity contribution is 9.10. The Kier molecular flexibility index (Phi) is 6.74. The van der Waals surface area contributed by atoms with Crippen molar-refractivity contribution in [3.05, 3.63) is 93.4 Å². The fourth-order valence-electron chi connectivity index (χ4n) is 2.45. The summed E-state index contributed by atoms with van der Waals surface area (Å²) in [5.74, 6) is 0.488. The molecular weight excluding hydrogens is 442 g/mol. The molecular formula is C22H17BrClNO3. The largest absolute Gasteiger partial charge is 0.508 e. The van der Waals surface area contributed by atoms with Crippen molar-refractivity contribution >= 4 is 45.2 Å². The molecule has 3 aromatic carbocycles. The molecule has 0 bridgehead atoms. The molecule has 2 N–H and O–H groups in total. The van der Waals surface area contributed by atoms with E-state index in [-0.39, 0.29) is 11.7 Å². The van der Waals surface area contributed by atoms with Crippen molar-refractivity contribution in [2.24, 2.45) is 0 Å². The second-order valence-corrected chi connectivity index (χ2v) is 7.25. The molecule has 0 aromatic heterocycles. The summed E-state index contributed by atoms with van der Waals surface area (Å²) in [5.41, 5.74) is 2.23. The highest BCUT2D eigenvalue weighted by Crippen LogP contribution is 2.26. The van der Waals surface area contributed by atoms with Crippen molar-refractivity contribution in [1.29, 1.82) is 0 Å². The summed E-state index contributed by atoms with van der Waals surface area (Å²) in [5, 5.41) is 12.7. The van der Waals surface area contributed by atoms with E-state index in [0.29, 0.717) is 23.1 Å². The molecule has 6 heteroatoms. The van der Waals surface area contributed by atoms with Gasteiger partial charge in [0.25, 0.3) is 0 Å². The van der Waals surface area contributed by atoms with E-state index in [4.69, 9.17) is 16.3 Å². The van der Waals surface area contributed by atoms with E-state index in [2.05, 4.69) is 21.2 Å². The number of carbonyl (C=O) groups is 1. The Labute approximate surface area is 176 Å². The molecule has 0 unspecified atom stereocenters. The van der Waals surface area contributed by atoms with Crippen LogP contribution in [-0.2, 0) is 11.4 Å². The molecule has 0 heterocycles. The van der Waals surface area contributed by atoms with Gasteiger partial charge in [-0.25, -0.2) is 0 Å². The summed E-state index contributed by atoms with van der Waals surface area (Å²) in [6.07, 6.45) is 3.11. The van der Waals surface area contributed by atoms with Crippen molar-refractivity contribution in [3.63, 3.8) is 0 Å². The minimum atomic E-state index is -0.289. The lowest BCUT2D eigenvalue weighted by molar-refractivity contribution is -0.111. The van der Waals surface area contributed by atoms with E-state index in [1.54, 1.807) is 18.2 Å². The minimum absolute atomic E-state index is 0.142. The van der Waals surface area contributed by atoms with Gasteiger partial charge < -0.3 is 15.2 Å². The molecule has 0 aliphatic heterocycles. The number of hydrogen-bond donors (Lipinski definition) is 2. The molecule has 3 aromatic rings. The number of ether oxygens (including phenoxy) is 1. The van der Waals surface area contributed by atoms with Gasteiger partial charge in [-0.1, -0.05) is 45.7 Å². The second-order valence-electron chi connectivity index (χ2n) is 5.93. The average Bonchev–Trinajstić information content (AvgIpc) is 2.68. The summed E-state index contributed by atoms with van der Waals surface area (Å²) in [7, 11) is 0. The van der Waals surface area contributed by atoms with Crippen LogP contribution in [0.2, 0.25) is 5.02 Å². The lowest BCUT2D eigenvalue weighted by Gasteiger charge is -2.11. The van der Waals surface area contributed by atoms with Crippen molar-refractivity contribution in [1.82, 2.24) is 0 Å². The first-order valence-corrected chi connectivity index (χ1v) is 9.62. The number of rotatable bonds is 6. The van der Waals surface area contributed by atoms with Crippen LogP contribution < -0.4 is 10.1 Å². The van der Waals surface area contributed by atoms with Gasteiger partial charge >= 0.3 is 0 Å². The van der Waals surface area contributed by atoms with Crippen LogP contribution in [0.4, 0.5) is 5.69 Å². The van der Waals surface area contributed by atoms with E-state index in [1.165, 1.54) is 18.2 Å². The number of nitrogens with one attached hydrogen (secondary N) is 1. The van der Waals surface area contributed by atoms with E-state index in [9.17, 15) is 9.90 Å². The third-order valence-electron chi connectivity index (χ3n) is 3.86. The molecule has 0 aliphatic carbocycles. The number of anilines is 1. The van der Waals surface area contributed by atoms with Gasteiger partial charge in [-0.2, -0.15) is 0 Å². The lowest BCUT2D eigenvalue weighted by Crippen LogP contribution is -2.07. The molecule has 1 amide bonds. The summed E-state index contributed by atoms with van der Waals surface area (Å²) >= 11 is 9.61. The maximum Gasteiger partial charge on any atom is 0.248 e. The highest BCUT2D eigenvalue weighted by atomic mass is 79.9. The normalized spacial score (nSPS) is 10.8. The van der Waals surface area contributed by atoms with Crippen LogP contribution in [0.3, 0.4) is 0 Å². The molecule has 28 heavy (non-hydrogen) atoms. The maximum atomic E-state index is 12.2. The Balaban J connectivity index is 1.71. The molecule has 0 radical (unpaired) electrons. The Morgan fingerprint density at radius 2 is 1.86 bits per heavy atom. The van der Waals surface area contributed by atoms with Crippen molar-refractivity contribution in [2.45, 2.75) is 6.61 Å². The van der Waals surface area contributed by atoms with Crippen LogP contribution in [0.1, 0.15) is 11.1 Å². The standard InChI is InChI=1S/C22H17BrClNO3/c23-17-6-11-21(28-14-16-3-1-2-4-20(16)24)15(13-17)5-12-22(27)25-18-7-9-19(26)10-8-18/h1-13,26H,14H2,(H,25,27)/b12-5+. The molecule has 0 aliphatic rings. The number of phenolic OH excluding ortho intramolecular Hbond substituents is 1. The van der Waals surface area contributed by atoms with Crippen LogP contribution in [0.5, 0.6) is 11.5 Å². The van der Waals surface area contributed by atoms with Gasteiger partial charge in [0.15, 0.2) is 0 Å². The monoisotopic (exact) mass is 457 g/mol. The number of amides is 1. The highest BCUT2D eigenvalue weighted by Gasteiger charge is 2.06. The molecule has 0 atom stereocenters. The van der Waals surface area contributed by atoms with Gasteiger partial charge in [0.05, 0.1) is 0 Å². The van der Waals surface area contributed by atoms with E-state index < -0.39 is 0 Å². The maximum absolute atomic E-state index is 12.2. The Morgan fingerprint density at radius 3 is 2.61 bits per heavy atom. The van der Waals surface area contributed by atoms with E-state index in [1.807, 2.05) is 42.5 Å². The summed E-state index contributed by atoms with van der Waals surface area (Å²) in [4.78, 5) is 12.2. The quantitative estimate of drug-likeness (QED) is 0.350. The summed E-state index contributed by atoms with van der Waals surface area (Å²) < 4.78 is 6.78. The zero-order valence-electron chi connectivity index (χ0n) is 14.7. The predicted octanol–water partition coefficient (Wildman–Crippen LogP) is 6.04. The SMILES string of the molecule is O=C(/C=C/c1cc(Br)ccc1OCc1ccccc1Cl)Nc1ccc(O)cc1. The molecule has 3 rings (SSSR count). The van der Waals surface area contributed by atoms with E-state index in [0.717, 1.165) is 15.6 Å². The third-order valence-corrected chi connectivity index (χ3v) is 4.72. The van der Waals surface area contributed by atoms with Crippen molar-refractivity contribution < 1.29 is 14.6 Å². The van der Waals surface area contributed by atoms with E-state index >= 15 is 0 Å². The molecule has 0 spiro atoms. The predicted molar refractivity (Wildman–Crippen MR) is 116 cm³/mol. The Hall–Kier alpha value is -2.76. The molecule has 0 fully saturated rings. The Morgan fingerprint density at radius 1 is 1.11 bits per heavy atom. The van der Waals surface area contributed by atoms with Crippen LogP contribution >= 0.6 is 27.5 Å². The first kappa shape index (κ1) is 20.0. The first-order valence-electron chi connectivity index (χ1n) is 8.45. The second kappa shape index (κ2) is 9.44. The van der Waals surface area contributed by atoms with Gasteiger partial charge in [-0.3, -0.25) is 4.79 Å². The summed E-state index contributed by atoms with van der Waals surface area (Å²) in [6.45, 7) is 0.321. The van der Waals surface area contributed by atoms with Gasteiger partial charge in [-0.15, -0.1) is 0 Å². The van der Waals surface area contributed by atoms with Crippen molar-refractivity contribution in [3.8, 4) is 11.5 Å². The first-order chi connectivity index (χ1) is 13.5. The molecule has 4 nitrogen and oxygen atoms in total. The van der Waals surface area contributed by atoms with Crippen LogP contribution in [0.15, 0.2) is 77.3 Å².